The van der Waals surface area contributed by atoms with Gasteiger partial charge in [0, 0.05) is 62.5 Å². The molecule has 1 fully saturated rings. The number of carbonyl (C=O) groups excluding carboxylic acids is 1. The van der Waals surface area contributed by atoms with Crippen molar-refractivity contribution in [2.45, 2.75) is 13.5 Å². The number of benzene rings is 1. The lowest BCUT2D eigenvalue weighted by Crippen LogP contribution is -2.49. The fraction of sp³-hybridized carbons (Fsp3) is 0.259. The zero-order chi connectivity index (χ0) is 27.9. The molecule has 0 atom stereocenters. The van der Waals surface area contributed by atoms with Gasteiger partial charge >= 0.3 is 0 Å². The van der Waals surface area contributed by atoms with Gasteiger partial charge in [0.25, 0.3) is 5.56 Å². The highest BCUT2D eigenvalue weighted by molar-refractivity contribution is 6.33. The van der Waals surface area contributed by atoms with Gasteiger partial charge in [-0.15, -0.1) is 0 Å². The number of aromatic amines is 1. The monoisotopic (exact) mass is 570 g/mol. The Morgan fingerprint density at radius 1 is 1.03 bits per heavy atom. The maximum Gasteiger partial charge on any atom is 0.256 e. The van der Waals surface area contributed by atoms with Crippen LogP contribution in [0, 0.1) is 6.92 Å². The van der Waals surface area contributed by atoms with Gasteiger partial charge in [-0.3, -0.25) is 23.6 Å². The van der Waals surface area contributed by atoms with E-state index in [9.17, 15) is 14.4 Å². The summed E-state index contributed by atoms with van der Waals surface area (Å²) < 4.78 is 8.22. The van der Waals surface area contributed by atoms with Crippen LogP contribution < -0.4 is 20.8 Å². The summed E-state index contributed by atoms with van der Waals surface area (Å²) in [6.07, 6.45) is 3.20. The van der Waals surface area contributed by atoms with E-state index in [2.05, 4.69) is 15.0 Å². The SMILES string of the molecule is COc1cc(N2CCN(C(=O)Cn3nc(-n4ccccc4=O)c(Cl)c3C)CC2)ccc1Cl.O=c1cccc[nH]1. The first kappa shape index (κ1) is 28.0. The molecule has 0 saturated carbocycles. The fourth-order valence-electron chi connectivity index (χ4n) is 4.08. The summed E-state index contributed by atoms with van der Waals surface area (Å²) in [6, 6.07) is 15.4. The molecule has 5 rings (SSSR count). The van der Waals surface area contributed by atoms with Gasteiger partial charge in [-0.1, -0.05) is 35.3 Å². The van der Waals surface area contributed by atoms with Crippen LogP contribution in [0.4, 0.5) is 5.69 Å². The average molecular weight is 571 g/mol. The molecular formula is C27H28Cl2N6O4. The molecule has 1 aromatic carbocycles. The summed E-state index contributed by atoms with van der Waals surface area (Å²) >= 11 is 12.5. The minimum Gasteiger partial charge on any atom is -0.495 e. The van der Waals surface area contributed by atoms with Crippen molar-refractivity contribution in [2.24, 2.45) is 0 Å². The number of amides is 1. The Labute approximate surface area is 235 Å². The minimum atomic E-state index is -0.236. The Balaban J connectivity index is 0.000000438. The first-order valence-electron chi connectivity index (χ1n) is 12.2. The number of rotatable bonds is 5. The van der Waals surface area contributed by atoms with E-state index in [1.165, 1.54) is 16.7 Å². The number of nitrogens with one attached hydrogen (secondary N) is 1. The van der Waals surface area contributed by atoms with Crippen LogP contribution >= 0.6 is 23.2 Å². The Kier molecular flexibility index (Phi) is 9.11. The Hall–Kier alpha value is -4.02. The largest absolute Gasteiger partial charge is 0.495 e. The van der Waals surface area contributed by atoms with Crippen LogP contribution in [0.2, 0.25) is 10.0 Å². The molecule has 1 N–H and O–H groups in total. The van der Waals surface area contributed by atoms with Crippen molar-refractivity contribution in [2.75, 3.05) is 38.2 Å². The number of nitrogens with zero attached hydrogens (tertiary/aromatic N) is 5. The Morgan fingerprint density at radius 2 is 1.77 bits per heavy atom. The van der Waals surface area contributed by atoms with Crippen molar-refractivity contribution in [1.82, 2.24) is 24.2 Å². The van der Waals surface area contributed by atoms with E-state index in [1.54, 1.807) is 55.4 Å². The van der Waals surface area contributed by atoms with Gasteiger partial charge in [-0.05, 0) is 31.2 Å². The van der Waals surface area contributed by atoms with Crippen molar-refractivity contribution in [3.8, 4) is 11.6 Å². The van der Waals surface area contributed by atoms with Crippen LogP contribution in [-0.2, 0) is 11.3 Å². The molecule has 0 unspecified atom stereocenters. The summed E-state index contributed by atoms with van der Waals surface area (Å²) in [5.74, 6) is 0.902. The Bertz CT molecular complexity index is 1540. The van der Waals surface area contributed by atoms with Gasteiger partial charge in [-0.2, -0.15) is 5.10 Å². The van der Waals surface area contributed by atoms with Gasteiger partial charge < -0.3 is 19.5 Å². The highest BCUT2D eigenvalue weighted by Gasteiger charge is 2.24. The molecule has 1 aliphatic rings. The van der Waals surface area contributed by atoms with Crippen molar-refractivity contribution in [1.29, 1.82) is 0 Å². The highest BCUT2D eigenvalue weighted by Crippen LogP contribution is 2.30. The number of anilines is 1. The first-order chi connectivity index (χ1) is 18.8. The summed E-state index contributed by atoms with van der Waals surface area (Å²) in [4.78, 5) is 41.8. The molecule has 1 amide bonds. The van der Waals surface area contributed by atoms with E-state index in [0.717, 1.165) is 5.69 Å². The van der Waals surface area contributed by atoms with Crippen molar-refractivity contribution in [3.63, 3.8) is 0 Å². The maximum absolute atomic E-state index is 12.9. The van der Waals surface area contributed by atoms with Crippen LogP contribution in [0.3, 0.4) is 0 Å². The molecule has 4 heterocycles. The molecule has 1 aliphatic heterocycles. The molecule has 10 nitrogen and oxygen atoms in total. The van der Waals surface area contributed by atoms with Gasteiger partial charge in [0.2, 0.25) is 11.5 Å². The summed E-state index contributed by atoms with van der Waals surface area (Å²) in [5.41, 5.74) is 1.35. The lowest BCUT2D eigenvalue weighted by molar-refractivity contribution is -0.132. The third-order valence-electron chi connectivity index (χ3n) is 6.27. The molecule has 204 valence electrons. The van der Waals surface area contributed by atoms with Gasteiger partial charge in [0.15, 0.2) is 5.82 Å². The first-order valence-corrected chi connectivity index (χ1v) is 12.9. The van der Waals surface area contributed by atoms with E-state index in [-0.39, 0.29) is 23.6 Å². The second kappa shape index (κ2) is 12.7. The number of pyridine rings is 2. The number of hydrogen-bond acceptors (Lipinski definition) is 6. The van der Waals surface area contributed by atoms with Gasteiger partial charge in [-0.25, -0.2) is 0 Å². The molecule has 3 aromatic heterocycles. The predicted molar refractivity (Wildman–Crippen MR) is 151 cm³/mol. The molecule has 4 aromatic rings. The predicted octanol–water partition coefficient (Wildman–Crippen LogP) is 3.38. The second-order valence-corrected chi connectivity index (χ2v) is 9.49. The molecule has 1 saturated heterocycles. The summed E-state index contributed by atoms with van der Waals surface area (Å²) in [6.45, 7) is 4.40. The summed E-state index contributed by atoms with van der Waals surface area (Å²) in [5, 5.41) is 5.35. The molecule has 0 bridgehead atoms. The molecular weight excluding hydrogens is 543 g/mol. The molecule has 0 aliphatic carbocycles. The fourth-order valence-corrected chi connectivity index (χ4v) is 4.50. The normalized spacial score (nSPS) is 13.0. The number of hydrogen-bond donors (Lipinski definition) is 1. The topological polar surface area (TPSA) is 105 Å². The van der Waals surface area contributed by atoms with Crippen molar-refractivity contribution < 1.29 is 9.53 Å². The smallest absolute Gasteiger partial charge is 0.256 e. The van der Waals surface area contributed by atoms with E-state index >= 15 is 0 Å². The van der Waals surface area contributed by atoms with Gasteiger partial charge in [0.05, 0.1) is 17.8 Å². The minimum absolute atomic E-state index is 0.0486. The number of piperazine rings is 1. The summed E-state index contributed by atoms with van der Waals surface area (Å²) in [7, 11) is 1.59. The van der Waals surface area contributed by atoms with Crippen molar-refractivity contribution >= 4 is 34.8 Å². The number of H-pyrrole nitrogens is 1. The zero-order valence-electron chi connectivity index (χ0n) is 21.5. The quantitative estimate of drug-likeness (QED) is 0.394. The number of methoxy groups -OCH3 is 1. The second-order valence-electron chi connectivity index (χ2n) is 8.70. The third kappa shape index (κ3) is 6.71. The van der Waals surface area contributed by atoms with Gasteiger partial charge in [0.1, 0.15) is 17.3 Å². The van der Waals surface area contributed by atoms with Crippen LogP contribution in [0.5, 0.6) is 5.75 Å². The lowest BCUT2D eigenvalue weighted by atomic mass is 10.2. The molecule has 12 heteroatoms. The molecule has 0 radical (unpaired) electrons. The maximum atomic E-state index is 12.9. The van der Waals surface area contributed by atoms with E-state index in [1.807, 2.05) is 23.1 Å². The van der Waals surface area contributed by atoms with Crippen LogP contribution in [0.1, 0.15) is 5.69 Å². The van der Waals surface area contributed by atoms with Crippen molar-refractivity contribution in [3.05, 3.63) is 103 Å². The van der Waals surface area contributed by atoms with Crippen LogP contribution in [-0.4, -0.2) is 63.4 Å². The van der Waals surface area contributed by atoms with Crippen LogP contribution in [0.15, 0.2) is 76.6 Å². The van der Waals surface area contributed by atoms with Crippen LogP contribution in [0.25, 0.3) is 5.82 Å². The lowest BCUT2D eigenvalue weighted by Gasteiger charge is -2.36. The third-order valence-corrected chi connectivity index (χ3v) is 7.02. The standard InChI is InChI=1S/C22H23Cl2N5O3.C5H5NO/c1-15-21(24)22(28-8-4-3-5-19(28)30)25-29(15)14-20(31)27-11-9-26(10-12-27)16-6-7-17(23)18(13-16)32-2;7-5-3-1-2-4-6-5/h3-8,13H,9-12,14H2,1-2H3;1-4H,(H,6,7). The highest BCUT2D eigenvalue weighted by atomic mass is 35.5. The molecule has 39 heavy (non-hydrogen) atoms. The molecule has 0 spiro atoms. The number of carbonyl (C=O) groups is 1. The van der Waals surface area contributed by atoms with E-state index in [0.29, 0.717) is 53.5 Å². The van der Waals surface area contributed by atoms with E-state index < -0.39 is 0 Å². The Morgan fingerprint density at radius 3 is 2.38 bits per heavy atom. The average Bonchev–Trinajstić information content (AvgIpc) is 3.22. The number of halogens is 2. The zero-order valence-corrected chi connectivity index (χ0v) is 23.0. The number of aromatic nitrogens is 4. The van der Waals surface area contributed by atoms with E-state index in [4.69, 9.17) is 27.9 Å². The number of ether oxygens (including phenoxy) is 1.